The molecular weight excluding hydrogens is 423 g/mol. The summed E-state index contributed by atoms with van der Waals surface area (Å²) in [6.45, 7) is 7.00. The Balaban J connectivity index is 2.28. The highest BCUT2D eigenvalue weighted by atomic mass is 79.9. The number of fused-ring (bicyclic) bond motifs is 1. The average molecular weight is 442 g/mol. The first-order chi connectivity index (χ1) is 11.9. The lowest BCUT2D eigenvalue weighted by Crippen LogP contribution is -2.09. The molecule has 0 aliphatic rings. The molecule has 3 aromatic rings. The Kier molecular flexibility index (Phi) is 5.62. The molecule has 0 spiro atoms. The summed E-state index contributed by atoms with van der Waals surface area (Å²) in [6, 6.07) is 5.56. The summed E-state index contributed by atoms with van der Waals surface area (Å²) in [4.78, 5) is 4.51. The summed E-state index contributed by atoms with van der Waals surface area (Å²) in [6.07, 6.45) is 4.63. The van der Waals surface area contributed by atoms with Crippen LogP contribution in [0, 0.1) is 5.92 Å². The Morgan fingerprint density at radius 3 is 2.64 bits per heavy atom. The van der Waals surface area contributed by atoms with Crippen LogP contribution in [-0.2, 0) is 6.42 Å². The minimum atomic E-state index is 0.422. The fraction of sp³-hybridized carbons (Fsp3) is 0.316. The van der Waals surface area contributed by atoms with Gasteiger partial charge in [-0.2, -0.15) is 0 Å². The third-order valence-corrected chi connectivity index (χ3v) is 5.08. The molecule has 0 unspecified atom stereocenters. The second-order valence-corrected chi connectivity index (χ2v) is 7.96. The normalized spacial score (nSPS) is 11.5. The molecule has 0 bridgehead atoms. The first kappa shape index (κ1) is 18.6. The molecule has 0 saturated carbocycles. The van der Waals surface area contributed by atoms with Crippen molar-refractivity contribution in [2.75, 3.05) is 6.61 Å². The third kappa shape index (κ3) is 3.67. The zero-order chi connectivity index (χ0) is 18.1. The van der Waals surface area contributed by atoms with Crippen LogP contribution >= 0.6 is 39.1 Å². The Hall–Kier alpha value is -1.23. The van der Waals surface area contributed by atoms with Gasteiger partial charge in [0, 0.05) is 32.9 Å². The standard InChI is InChI=1S/C19H19BrCl2N2O/c1-4-13-15(14-6-5-12(21)7-16(14)22)9-24-17(20)8-23-19(24)18(13)25-10-11(2)3/h5-9,11H,4,10H2,1-3H3. The molecule has 0 radical (unpaired) electrons. The van der Waals surface area contributed by atoms with Gasteiger partial charge in [0.05, 0.1) is 12.8 Å². The van der Waals surface area contributed by atoms with E-state index >= 15 is 0 Å². The zero-order valence-electron chi connectivity index (χ0n) is 14.3. The number of rotatable bonds is 5. The lowest BCUT2D eigenvalue weighted by Gasteiger charge is -2.18. The molecule has 0 saturated heterocycles. The van der Waals surface area contributed by atoms with Gasteiger partial charge in [-0.1, -0.05) is 50.0 Å². The van der Waals surface area contributed by atoms with Gasteiger partial charge in [0.2, 0.25) is 0 Å². The van der Waals surface area contributed by atoms with Crippen molar-refractivity contribution in [3.63, 3.8) is 0 Å². The summed E-state index contributed by atoms with van der Waals surface area (Å²) in [7, 11) is 0. The highest BCUT2D eigenvalue weighted by Crippen LogP contribution is 2.39. The van der Waals surface area contributed by atoms with Crippen molar-refractivity contribution in [2.45, 2.75) is 27.2 Å². The van der Waals surface area contributed by atoms with E-state index < -0.39 is 0 Å². The number of imidazole rings is 1. The van der Waals surface area contributed by atoms with Crippen molar-refractivity contribution >= 4 is 44.8 Å². The molecule has 3 nitrogen and oxygen atoms in total. The van der Waals surface area contributed by atoms with E-state index in [1.54, 1.807) is 12.3 Å². The number of hydrogen-bond donors (Lipinski definition) is 0. The summed E-state index contributed by atoms with van der Waals surface area (Å²) in [5.41, 5.74) is 3.85. The number of halogens is 3. The van der Waals surface area contributed by atoms with Crippen LogP contribution in [0.1, 0.15) is 26.3 Å². The van der Waals surface area contributed by atoms with E-state index in [9.17, 15) is 0 Å². The minimum absolute atomic E-state index is 0.422. The van der Waals surface area contributed by atoms with Gasteiger partial charge >= 0.3 is 0 Å². The van der Waals surface area contributed by atoms with Crippen molar-refractivity contribution in [3.05, 3.63) is 50.8 Å². The van der Waals surface area contributed by atoms with Gasteiger partial charge in [-0.25, -0.2) is 4.98 Å². The van der Waals surface area contributed by atoms with Crippen LogP contribution in [0.4, 0.5) is 0 Å². The van der Waals surface area contributed by atoms with Gasteiger partial charge in [0.1, 0.15) is 4.60 Å². The van der Waals surface area contributed by atoms with E-state index in [4.69, 9.17) is 27.9 Å². The minimum Gasteiger partial charge on any atom is -0.489 e. The first-order valence-electron chi connectivity index (χ1n) is 8.19. The molecule has 3 rings (SSSR count). The van der Waals surface area contributed by atoms with E-state index in [0.29, 0.717) is 22.6 Å². The molecular formula is C19H19BrCl2N2O. The number of hydrogen-bond acceptors (Lipinski definition) is 2. The van der Waals surface area contributed by atoms with Crippen LogP contribution < -0.4 is 4.74 Å². The van der Waals surface area contributed by atoms with E-state index in [2.05, 4.69) is 41.7 Å². The molecule has 6 heteroatoms. The average Bonchev–Trinajstić information content (AvgIpc) is 2.93. The fourth-order valence-electron chi connectivity index (χ4n) is 2.79. The van der Waals surface area contributed by atoms with Crippen LogP contribution in [0.5, 0.6) is 5.75 Å². The number of ether oxygens (including phenoxy) is 1. The predicted molar refractivity (Wildman–Crippen MR) is 108 cm³/mol. The van der Waals surface area contributed by atoms with Crippen LogP contribution in [0.15, 0.2) is 35.2 Å². The van der Waals surface area contributed by atoms with Crippen molar-refractivity contribution in [1.29, 1.82) is 0 Å². The second kappa shape index (κ2) is 7.56. The highest BCUT2D eigenvalue weighted by Gasteiger charge is 2.19. The van der Waals surface area contributed by atoms with Gasteiger partial charge in [-0.15, -0.1) is 0 Å². The lowest BCUT2D eigenvalue weighted by molar-refractivity contribution is 0.270. The van der Waals surface area contributed by atoms with Gasteiger partial charge in [0.25, 0.3) is 0 Å². The third-order valence-electron chi connectivity index (χ3n) is 3.95. The van der Waals surface area contributed by atoms with Crippen LogP contribution in [-0.4, -0.2) is 16.0 Å². The molecule has 25 heavy (non-hydrogen) atoms. The van der Waals surface area contributed by atoms with E-state index in [1.165, 1.54) is 0 Å². The van der Waals surface area contributed by atoms with Gasteiger partial charge in [0.15, 0.2) is 11.4 Å². The van der Waals surface area contributed by atoms with Crippen molar-refractivity contribution in [2.24, 2.45) is 5.92 Å². The first-order valence-corrected chi connectivity index (χ1v) is 9.73. The second-order valence-electron chi connectivity index (χ2n) is 6.31. The summed E-state index contributed by atoms with van der Waals surface area (Å²) in [5.74, 6) is 1.23. The largest absolute Gasteiger partial charge is 0.489 e. The molecule has 0 atom stereocenters. The van der Waals surface area contributed by atoms with Gasteiger partial charge in [-0.05, 0) is 40.4 Å². The maximum Gasteiger partial charge on any atom is 0.180 e. The number of aromatic nitrogens is 2. The summed E-state index contributed by atoms with van der Waals surface area (Å²) < 4.78 is 9.02. The number of nitrogens with zero attached hydrogens (tertiary/aromatic N) is 2. The molecule has 2 aromatic heterocycles. The smallest absolute Gasteiger partial charge is 0.180 e. The maximum absolute atomic E-state index is 6.48. The molecule has 2 heterocycles. The monoisotopic (exact) mass is 440 g/mol. The Labute approximate surface area is 166 Å². The molecule has 132 valence electrons. The quantitative estimate of drug-likeness (QED) is 0.442. The van der Waals surface area contributed by atoms with E-state index in [1.807, 2.05) is 22.7 Å². The molecule has 1 aromatic carbocycles. The van der Waals surface area contributed by atoms with Gasteiger partial charge in [-0.3, -0.25) is 4.40 Å². The van der Waals surface area contributed by atoms with Crippen LogP contribution in [0.3, 0.4) is 0 Å². The van der Waals surface area contributed by atoms with E-state index in [0.717, 1.165) is 39.1 Å². The van der Waals surface area contributed by atoms with Crippen molar-refractivity contribution in [3.8, 4) is 16.9 Å². The molecule has 0 aliphatic carbocycles. The number of pyridine rings is 1. The molecule has 0 fully saturated rings. The highest BCUT2D eigenvalue weighted by molar-refractivity contribution is 9.10. The molecule has 0 N–H and O–H groups in total. The Morgan fingerprint density at radius 1 is 1.24 bits per heavy atom. The predicted octanol–water partition coefficient (Wildman–Crippen LogP) is 6.67. The van der Waals surface area contributed by atoms with Gasteiger partial charge < -0.3 is 4.74 Å². The Bertz CT molecular complexity index is 921. The maximum atomic E-state index is 6.48. The van der Waals surface area contributed by atoms with Crippen LogP contribution in [0.2, 0.25) is 10.0 Å². The fourth-order valence-corrected chi connectivity index (χ4v) is 3.67. The van der Waals surface area contributed by atoms with Crippen molar-refractivity contribution in [1.82, 2.24) is 9.38 Å². The molecule has 0 aliphatic heterocycles. The van der Waals surface area contributed by atoms with Crippen molar-refractivity contribution < 1.29 is 4.74 Å². The zero-order valence-corrected chi connectivity index (χ0v) is 17.4. The number of benzene rings is 1. The summed E-state index contributed by atoms with van der Waals surface area (Å²) in [5, 5.41) is 1.24. The Morgan fingerprint density at radius 2 is 2.00 bits per heavy atom. The SMILES string of the molecule is CCc1c(-c2ccc(Cl)cc2Cl)cn2c(Br)cnc2c1OCC(C)C. The summed E-state index contributed by atoms with van der Waals surface area (Å²) >= 11 is 16.1. The van der Waals surface area contributed by atoms with E-state index in [-0.39, 0.29) is 0 Å². The lowest BCUT2D eigenvalue weighted by atomic mass is 9.99. The topological polar surface area (TPSA) is 26.5 Å². The molecule has 0 amide bonds. The van der Waals surface area contributed by atoms with Crippen LogP contribution in [0.25, 0.3) is 16.8 Å².